The van der Waals surface area contributed by atoms with E-state index in [0.717, 1.165) is 32.0 Å². The van der Waals surface area contributed by atoms with E-state index in [1.807, 2.05) is 20.8 Å². The maximum Gasteiger partial charge on any atom is 0.407 e. The normalized spacial score (nSPS) is 25.1. The molecule has 1 aliphatic rings. The molecule has 0 aromatic carbocycles. The predicted octanol–water partition coefficient (Wildman–Crippen LogP) is 2.66. The van der Waals surface area contributed by atoms with Crippen LogP contribution in [0, 0.1) is 5.92 Å². The Hall–Kier alpha value is -1.06. The molecular weight excluding hydrogens is 218 g/mol. The molecule has 0 aromatic rings. The Balaban J connectivity index is 2.35. The third-order valence-corrected chi connectivity index (χ3v) is 2.93. The molecule has 1 N–H and O–H groups in total. The zero-order valence-corrected chi connectivity index (χ0v) is 11.0. The van der Waals surface area contributed by atoms with Crippen molar-refractivity contribution in [3.63, 3.8) is 0 Å². The van der Waals surface area contributed by atoms with Gasteiger partial charge in [-0.15, -0.1) is 0 Å². The quantitative estimate of drug-likeness (QED) is 0.773. The van der Waals surface area contributed by atoms with Crippen LogP contribution in [0.2, 0.25) is 0 Å². The van der Waals surface area contributed by atoms with Gasteiger partial charge in [-0.3, -0.25) is 0 Å². The Morgan fingerprint density at radius 2 is 2.12 bits per heavy atom. The van der Waals surface area contributed by atoms with Crippen molar-refractivity contribution in [1.82, 2.24) is 5.32 Å². The van der Waals surface area contributed by atoms with Gasteiger partial charge in [0.05, 0.1) is 0 Å². The molecular formula is C13H23NO3. The van der Waals surface area contributed by atoms with E-state index in [2.05, 4.69) is 5.32 Å². The maximum atomic E-state index is 11.6. The molecule has 0 aliphatic heterocycles. The van der Waals surface area contributed by atoms with E-state index >= 15 is 0 Å². The van der Waals surface area contributed by atoms with Crippen LogP contribution in [0.5, 0.6) is 0 Å². The third-order valence-electron chi connectivity index (χ3n) is 2.93. The zero-order valence-electron chi connectivity index (χ0n) is 11.0. The molecule has 17 heavy (non-hydrogen) atoms. The molecule has 0 heterocycles. The molecule has 1 amide bonds. The van der Waals surface area contributed by atoms with E-state index in [9.17, 15) is 9.59 Å². The van der Waals surface area contributed by atoms with Crippen molar-refractivity contribution in [2.75, 3.05) is 0 Å². The van der Waals surface area contributed by atoms with Crippen LogP contribution in [0.1, 0.15) is 52.9 Å². The summed E-state index contributed by atoms with van der Waals surface area (Å²) in [7, 11) is 0. The van der Waals surface area contributed by atoms with E-state index in [1.54, 1.807) is 0 Å². The van der Waals surface area contributed by atoms with Crippen LogP contribution in [0.25, 0.3) is 0 Å². The number of rotatable bonds is 3. The van der Waals surface area contributed by atoms with E-state index in [4.69, 9.17) is 4.74 Å². The van der Waals surface area contributed by atoms with Crippen LogP contribution < -0.4 is 5.32 Å². The summed E-state index contributed by atoms with van der Waals surface area (Å²) < 4.78 is 5.22. The molecule has 1 saturated carbocycles. The minimum atomic E-state index is -0.457. The lowest BCUT2D eigenvalue weighted by atomic mass is 9.84. The summed E-state index contributed by atoms with van der Waals surface area (Å²) in [5.41, 5.74) is -0.457. The Kier molecular flexibility index (Phi) is 4.97. The van der Waals surface area contributed by atoms with Crippen LogP contribution in [-0.4, -0.2) is 24.0 Å². The number of carbonyl (C=O) groups is 2. The number of carbonyl (C=O) groups excluding carboxylic acids is 2. The lowest BCUT2D eigenvalue weighted by Gasteiger charge is -2.29. The fourth-order valence-corrected chi connectivity index (χ4v) is 2.25. The standard InChI is InChI=1S/C13H23NO3/c1-13(2,3)17-12(16)14-11-6-4-5-10(9-11)7-8-15/h8,10-11H,4-7,9H2,1-3H3,(H,14,16). The van der Waals surface area contributed by atoms with Gasteiger partial charge in [-0.2, -0.15) is 0 Å². The summed E-state index contributed by atoms with van der Waals surface area (Å²) in [6.07, 6.45) is 5.25. The molecule has 1 rings (SSSR count). The van der Waals surface area contributed by atoms with Gasteiger partial charge in [-0.25, -0.2) is 4.79 Å². The number of hydrogen-bond donors (Lipinski definition) is 1. The second-order valence-corrected chi connectivity index (χ2v) is 5.78. The SMILES string of the molecule is CC(C)(C)OC(=O)NC1CCCC(CC=O)C1. The van der Waals surface area contributed by atoms with Crippen LogP contribution in [-0.2, 0) is 9.53 Å². The van der Waals surface area contributed by atoms with Crippen molar-refractivity contribution in [3.05, 3.63) is 0 Å². The number of aldehydes is 1. The summed E-state index contributed by atoms with van der Waals surface area (Å²) >= 11 is 0. The monoisotopic (exact) mass is 241 g/mol. The number of ether oxygens (including phenoxy) is 1. The average molecular weight is 241 g/mol. The smallest absolute Gasteiger partial charge is 0.407 e. The number of alkyl carbamates (subject to hydrolysis) is 1. The highest BCUT2D eigenvalue weighted by Gasteiger charge is 2.25. The van der Waals surface area contributed by atoms with E-state index in [0.29, 0.717) is 12.3 Å². The van der Waals surface area contributed by atoms with Crippen LogP contribution >= 0.6 is 0 Å². The van der Waals surface area contributed by atoms with Crippen LogP contribution in [0.4, 0.5) is 4.79 Å². The number of nitrogens with one attached hydrogen (secondary N) is 1. The molecule has 0 spiro atoms. The van der Waals surface area contributed by atoms with Crippen molar-refractivity contribution >= 4 is 12.4 Å². The first-order valence-corrected chi connectivity index (χ1v) is 6.34. The van der Waals surface area contributed by atoms with Gasteiger partial charge in [0.25, 0.3) is 0 Å². The van der Waals surface area contributed by atoms with Crippen molar-refractivity contribution in [1.29, 1.82) is 0 Å². The molecule has 0 bridgehead atoms. The van der Waals surface area contributed by atoms with Gasteiger partial charge in [0.2, 0.25) is 0 Å². The molecule has 0 saturated heterocycles. The molecule has 0 aromatic heterocycles. The van der Waals surface area contributed by atoms with Crippen molar-refractivity contribution in [2.45, 2.75) is 64.5 Å². The highest BCUT2D eigenvalue weighted by Crippen LogP contribution is 2.26. The fraction of sp³-hybridized carbons (Fsp3) is 0.846. The van der Waals surface area contributed by atoms with Crippen molar-refractivity contribution in [2.24, 2.45) is 5.92 Å². The highest BCUT2D eigenvalue weighted by atomic mass is 16.6. The first-order valence-electron chi connectivity index (χ1n) is 6.34. The van der Waals surface area contributed by atoms with E-state index in [-0.39, 0.29) is 12.1 Å². The van der Waals surface area contributed by atoms with E-state index in [1.165, 1.54) is 0 Å². The molecule has 1 aliphatic carbocycles. The summed E-state index contributed by atoms with van der Waals surface area (Å²) in [5.74, 6) is 0.418. The Labute approximate surface area is 103 Å². The third kappa shape index (κ3) is 5.71. The lowest BCUT2D eigenvalue weighted by molar-refractivity contribution is -0.108. The molecule has 4 heteroatoms. The second-order valence-electron chi connectivity index (χ2n) is 5.78. The zero-order chi connectivity index (χ0) is 12.9. The van der Waals surface area contributed by atoms with Crippen LogP contribution in [0.15, 0.2) is 0 Å². The molecule has 4 nitrogen and oxygen atoms in total. The predicted molar refractivity (Wildman–Crippen MR) is 65.8 cm³/mol. The largest absolute Gasteiger partial charge is 0.444 e. The molecule has 98 valence electrons. The minimum absolute atomic E-state index is 0.156. The molecule has 2 atom stereocenters. The number of amides is 1. The van der Waals surface area contributed by atoms with E-state index < -0.39 is 5.60 Å². The van der Waals surface area contributed by atoms with Crippen molar-refractivity contribution < 1.29 is 14.3 Å². The Bertz CT molecular complexity index is 270. The summed E-state index contributed by atoms with van der Waals surface area (Å²) in [6, 6.07) is 0.156. The summed E-state index contributed by atoms with van der Waals surface area (Å²) in [4.78, 5) is 22.1. The van der Waals surface area contributed by atoms with Gasteiger partial charge in [0.15, 0.2) is 0 Å². The topological polar surface area (TPSA) is 55.4 Å². The highest BCUT2D eigenvalue weighted by molar-refractivity contribution is 5.68. The van der Waals surface area contributed by atoms with Gasteiger partial charge in [0, 0.05) is 12.5 Å². The van der Waals surface area contributed by atoms with Gasteiger partial charge in [-0.1, -0.05) is 6.42 Å². The Morgan fingerprint density at radius 1 is 1.41 bits per heavy atom. The average Bonchev–Trinajstić information content (AvgIpc) is 2.15. The van der Waals surface area contributed by atoms with Gasteiger partial charge in [-0.05, 0) is 46.0 Å². The lowest BCUT2D eigenvalue weighted by Crippen LogP contribution is -2.41. The molecule has 0 radical (unpaired) electrons. The van der Waals surface area contributed by atoms with Crippen LogP contribution in [0.3, 0.4) is 0 Å². The van der Waals surface area contributed by atoms with Gasteiger partial charge >= 0.3 is 6.09 Å². The Morgan fingerprint density at radius 3 is 2.71 bits per heavy atom. The summed E-state index contributed by atoms with van der Waals surface area (Å²) in [6.45, 7) is 5.55. The van der Waals surface area contributed by atoms with Gasteiger partial charge in [0.1, 0.15) is 11.9 Å². The molecule has 2 unspecified atom stereocenters. The number of hydrogen-bond acceptors (Lipinski definition) is 3. The first kappa shape index (κ1) is 14.0. The summed E-state index contributed by atoms with van der Waals surface area (Å²) in [5, 5.41) is 2.89. The van der Waals surface area contributed by atoms with Crippen molar-refractivity contribution in [3.8, 4) is 0 Å². The fourth-order valence-electron chi connectivity index (χ4n) is 2.25. The first-order chi connectivity index (χ1) is 7.90. The second kappa shape index (κ2) is 6.03. The minimum Gasteiger partial charge on any atom is -0.444 e. The maximum absolute atomic E-state index is 11.6. The van der Waals surface area contributed by atoms with Gasteiger partial charge < -0.3 is 14.8 Å². The molecule has 1 fully saturated rings.